The van der Waals surface area contributed by atoms with E-state index in [1.54, 1.807) is 54.3 Å². The lowest BCUT2D eigenvalue weighted by atomic mass is 9.96. The number of thioether (sulfide) groups is 1. The second-order valence-corrected chi connectivity index (χ2v) is 16.5. The quantitative estimate of drug-likeness (QED) is 0.0455. The van der Waals surface area contributed by atoms with Crippen LogP contribution in [-0.4, -0.2) is 69.1 Å². The molecule has 3 aromatic carbocycles. The number of carbonyl (C=O) groups is 4. The molecule has 5 heterocycles. The molecule has 1 fully saturated rings. The number of β-lactam (4-membered cyclic amide) rings is 1. The third kappa shape index (κ3) is 8.02. The van der Waals surface area contributed by atoms with E-state index in [4.69, 9.17) is 30.5 Å². The Morgan fingerprint density at radius 1 is 1.02 bits per heavy atom. The molecule has 0 aliphatic carbocycles. The molecule has 0 bridgehead atoms. The van der Waals surface area contributed by atoms with Crippen LogP contribution in [0.4, 0.5) is 10.9 Å². The van der Waals surface area contributed by atoms with Crippen LogP contribution in [0.5, 0.6) is 5.75 Å². The van der Waals surface area contributed by atoms with Crippen LogP contribution in [0.2, 0.25) is 0 Å². The third-order valence-electron chi connectivity index (χ3n) is 10.2. The van der Waals surface area contributed by atoms with Crippen LogP contribution in [0.3, 0.4) is 0 Å². The number of thiazole rings is 1. The Morgan fingerprint density at radius 2 is 1.71 bits per heavy atom. The van der Waals surface area contributed by atoms with Crippen molar-refractivity contribution in [3.8, 4) is 5.75 Å². The maximum atomic E-state index is 14.7. The van der Waals surface area contributed by atoms with Gasteiger partial charge in [0.15, 0.2) is 21.7 Å². The Morgan fingerprint density at radius 3 is 2.32 bits per heavy atom. The summed E-state index contributed by atoms with van der Waals surface area (Å²) in [7, 11) is 2.83. The number of hydrogen-bond donors (Lipinski definition) is 3. The number of methoxy groups -OCH3 is 1. The minimum absolute atomic E-state index is 0.0130. The zero-order chi connectivity index (χ0) is 43.5. The van der Waals surface area contributed by atoms with Crippen LogP contribution in [0.15, 0.2) is 119 Å². The SMILES string of the molecule is CON=CC(=O)NC1(c2csc(N)n2)S[C@H]2CC(=O)N2C(C(=O)OCc2ccc(OC)cc2)=C1C[n+]1cc(C(=O)OC(c2ccccc2)c2ccccc2)c(N)n2nc(C)cc21. The van der Waals surface area contributed by atoms with Crippen molar-refractivity contribution < 1.29 is 42.8 Å². The minimum Gasteiger partial charge on any atom is -0.497 e. The number of oxime groups is 1. The summed E-state index contributed by atoms with van der Waals surface area (Å²) in [5.74, 6) is -2.08. The van der Waals surface area contributed by atoms with Crippen molar-refractivity contribution in [2.75, 3.05) is 25.7 Å². The number of benzene rings is 3. The van der Waals surface area contributed by atoms with Gasteiger partial charge >= 0.3 is 17.6 Å². The second kappa shape index (κ2) is 17.4. The Bertz CT molecular complexity index is 2700. The lowest BCUT2D eigenvalue weighted by molar-refractivity contribution is -0.667. The number of carbonyl (C=O) groups excluding carboxylic acids is 4. The summed E-state index contributed by atoms with van der Waals surface area (Å²) in [6.45, 7) is 1.34. The normalized spacial score (nSPS) is 17.2. The highest BCUT2D eigenvalue weighted by molar-refractivity contribution is 8.01. The maximum absolute atomic E-state index is 14.7. The lowest BCUT2D eigenvalue weighted by Crippen LogP contribution is -2.62. The maximum Gasteiger partial charge on any atom is 0.355 e. The number of amides is 2. The molecule has 8 rings (SSSR count). The Labute approximate surface area is 362 Å². The second-order valence-electron chi connectivity index (χ2n) is 14.2. The van der Waals surface area contributed by atoms with Crippen molar-refractivity contribution in [1.29, 1.82) is 0 Å². The molecule has 0 spiro atoms. The van der Waals surface area contributed by atoms with Crippen molar-refractivity contribution in [2.45, 2.75) is 42.8 Å². The van der Waals surface area contributed by atoms with E-state index in [1.807, 2.05) is 60.7 Å². The highest BCUT2D eigenvalue weighted by Gasteiger charge is 2.58. The number of nitrogens with two attached hydrogens (primary N) is 2. The first-order chi connectivity index (χ1) is 30.0. The average Bonchev–Trinajstić information content (AvgIpc) is 3.91. The molecule has 6 aromatic rings. The van der Waals surface area contributed by atoms with Gasteiger partial charge in [0, 0.05) is 11.0 Å². The molecule has 1 saturated heterocycles. The summed E-state index contributed by atoms with van der Waals surface area (Å²) >= 11 is 2.31. The molecule has 19 heteroatoms. The predicted molar refractivity (Wildman–Crippen MR) is 229 cm³/mol. The average molecular weight is 875 g/mol. The molecule has 2 aliphatic heterocycles. The summed E-state index contributed by atoms with van der Waals surface area (Å²) in [6.07, 6.45) is 1.67. The zero-order valence-corrected chi connectivity index (χ0v) is 35.2. The summed E-state index contributed by atoms with van der Waals surface area (Å²) in [4.78, 5) is 65.6. The van der Waals surface area contributed by atoms with E-state index in [1.165, 1.54) is 34.5 Å². The van der Waals surface area contributed by atoms with E-state index in [2.05, 4.69) is 20.6 Å². The van der Waals surface area contributed by atoms with Gasteiger partial charge in [0.05, 0.1) is 36.4 Å². The number of anilines is 2. The highest BCUT2D eigenvalue weighted by Crippen LogP contribution is 2.54. The van der Waals surface area contributed by atoms with E-state index < -0.39 is 34.2 Å². The summed E-state index contributed by atoms with van der Waals surface area (Å²) in [6, 6.07) is 27.3. The van der Waals surface area contributed by atoms with Crippen LogP contribution in [-0.2, 0) is 46.7 Å². The largest absolute Gasteiger partial charge is 0.497 e. The minimum atomic E-state index is -1.67. The Hall–Kier alpha value is -7.25. The molecule has 0 saturated carbocycles. The summed E-state index contributed by atoms with van der Waals surface area (Å²) in [5, 5.41) is 12.5. The number of aromatic nitrogens is 4. The molecule has 2 amide bonds. The molecule has 3 aromatic heterocycles. The molecule has 316 valence electrons. The number of hydrogen-bond acceptors (Lipinski definition) is 15. The summed E-state index contributed by atoms with van der Waals surface area (Å²) in [5.41, 5.74) is 16.3. The van der Waals surface area contributed by atoms with Crippen molar-refractivity contribution in [3.63, 3.8) is 0 Å². The van der Waals surface area contributed by atoms with Crippen molar-refractivity contribution >= 4 is 69.7 Å². The number of rotatable bonds is 14. The van der Waals surface area contributed by atoms with Crippen LogP contribution < -0.4 is 26.1 Å². The van der Waals surface area contributed by atoms with E-state index in [0.717, 1.165) is 28.7 Å². The number of nitrogens with zero attached hydrogens (tertiary/aromatic N) is 6. The van der Waals surface area contributed by atoms with Crippen LogP contribution in [0.25, 0.3) is 5.65 Å². The molecular formula is C43H40N9O8S2+. The van der Waals surface area contributed by atoms with Crippen LogP contribution >= 0.6 is 23.1 Å². The molecule has 17 nitrogen and oxygen atoms in total. The fourth-order valence-corrected chi connectivity index (χ4v) is 9.64. The molecule has 2 aliphatic rings. The van der Waals surface area contributed by atoms with Gasteiger partial charge in [-0.25, -0.2) is 19.1 Å². The monoisotopic (exact) mass is 874 g/mol. The topological polar surface area (TPSA) is 219 Å². The van der Waals surface area contributed by atoms with Crippen LogP contribution in [0.1, 0.15) is 51.0 Å². The molecule has 2 atom stereocenters. The van der Waals surface area contributed by atoms with Gasteiger partial charge in [0.25, 0.3) is 5.91 Å². The zero-order valence-electron chi connectivity index (χ0n) is 33.6. The smallest absolute Gasteiger partial charge is 0.355 e. The fraction of sp³-hybridized carbons (Fsp3) is 0.209. The van der Waals surface area contributed by atoms with Crippen LogP contribution in [0, 0.1) is 6.92 Å². The first-order valence-electron chi connectivity index (χ1n) is 19.1. The fourth-order valence-electron chi connectivity index (χ4n) is 7.30. The number of ether oxygens (including phenoxy) is 3. The van der Waals surface area contributed by atoms with Gasteiger partial charge in [-0.15, -0.1) is 11.3 Å². The number of fused-ring (bicyclic) bond motifs is 2. The highest BCUT2D eigenvalue weighted by atomic mass is 32.2. The molecular weight excluding hydrogens is 835 g/mol. The van der Waals surface area contributed by atoms with Gasteiger partial charge < -0.3 is 35.8 Å². The standard InChI is InChI=1S/C43H39N9O8S2/c1-25-18-34-50(21-30(39(44)52(34)49-25)40(55)60-38(27-10-6-4-7-11-27)28-12-8-5-9-13-28)22-31-37(41(56)59-23-26-14-16-29(57-2)17-15-26)51-35(54)19-36(51)62-43(31,32-24-61-42(45)47-32)48-33(53)20-46-58-3/h4-18,20-21,24,36,38,44H,19,22-23H2,1-3H3,(H3,45,47,48,53)/p+1/t36-,43?/m0/s1. The van der Waals surface area contributed by atoms with E-state index in [9.17, 15) is 19.2 Å². The Balaban J connectivity index is 1.30. The number of esters is 2. The van der Waals surface area contributed by atoms with E-state index in [0.29, 0.717) is 22.7 Å². The van der Waals surface area contributed by atoms with Crippen molar-refractivity contribution in [1.82, 2.24) is 24.8 Å². The van der Waals surface area contributed by atoms with Gasteiger partial charge in [0.1, 0.15) is 44.1 Å². The van der Waals surface area contributed by atoms with Gasteiger partial charge in [0.2, 0.25) is 11.7 Å². The van der Waals surface area contributed by atoms with E-state index in [-0.39, 0.29) is 59.0 Å². The lowest BCUT2D eigenvalue weighted by Gasteiger charge is -2.51. The number of aryl methyl sites for hydroxylation is 1. The Kier molecular flexibility index (Phi) is 11.6. The molecule has 0 radical (unpaired) electrons. The van der Waals surface area contributed by atoms with Crippen molar-refractivity contribution in [3.05, 3.63) is 147 Å². The number of nitrogen functional groups attached to an aromatic ring is 2. The molecule has 5 N–H and O–H groups in total. The predicted octanol–water partition coefficient (Wildman–Crippen LogP) is 4.41. The number of nitrogens with one attached hydrogen (secondary N) is 1. The molecule has 62 heavy (non-hydrogen) atoms. The van der Waals surface area contributed by atoms with E-state index >= 15 is 0 Å². The first-order valence-corrected chi connectivity index (χ1v) is 20.9. The van der Waals surface area contributed by atoms with Gasteiger partial charge in [-0.05, 0) is 35.7 Å². The van der Waals surface area contributed by atoms with Gasteiger partial charge in [-0.3, -0.25) is 14.5 Å². The van der Waals surface area contributed by atoms with Crippen molar-refractivity contribution in [2.24, 2.45) is 5.16 Å². The summed E-state index contributed by atoms with van der Waals surface area (Å²) < 4.78 is 20.5. The van der Waals surface area contributed by atoms with Gasteiger partial charge in [-0.1, -0.05) is 99.3 Å². The van der Waals surface area contributed by atoms with Gasteiger partial charge in [-0.2, -0.15) is 0 Å². The third-order valence-corrected chi connectivity index (χ3v) is 12.5. The first kappa shape index (κ1) is 41.5. The molecule has 1 unspecified atom stereocenters.